The van der Waals surface area contributed by atoms with Crippen LogP contribution in [0.1, 0.15) is 29.7 Å². The summed E-state index contributed by atoms with van der Waals surface area (Å²) < 4.78 is 21.7. The maximum absolute atomic E-state index is 12.9. The van der Waals surface area contributed by atoms with Gasteiger partial charge in [0.25, 0.3) is 0 Å². The molecule has 7 heteroatoms. The summed E-state index contributed by atoms with van der Waals surface area (Å²) in [6, 6.07) is 20.9. The highest BCUT2D eigenvalue weighted by atomic mass is 16.6. The average molecular weight is 476 g/mol. The summed E-state index contributed by atoms with van der Waals surface area (Å²) >= 11 is 0. The first-order valence-electron chi connectivity index (χ1n) is 11.4. The van der Waals surface area contributed by atoms with E-state index in [1.54, 1.807) is 19.1 Å². The number of esters is 1. The Bertz CT molecular complexity index is 1210. The van der Waals surface area contributed by atoms with E-state index in [1.165, 1.54) is 7.11 Å². The van der Waals surface area contributed by atoms with Crippen LogP contribution in [-0.4, -0.2) is 44.3 Å². The Kier molecular flexibility index (Phi) is 7.25. The maximum atomic E-state index is 12.9. The number of carbonyl (C=O) groups is 2. The first-order chi connectivity index (χ1) is 16.9. The van der Waals surface area contributed by atoms with Crippen molar-refractivity contribution < 1.29 is 28.5 Å². The largest absolute Gasteiger partial charge is 0.497 e. The van der Waals surface area contributed by atoms with Crippen molar-refractivity contribution in [1.29, 1.82) is 0 Å². The molecule has 2 atom stereocenters. The number of amides is 1. The van der Waals surface area contributed by atoms with Crippen LogP contribution in [0.2, 0.25) is 0 Å². The van der Waals surface area contributed by atoms with Crippen molar-refractivity contribution >= 4 is 12.1 Å². The van der Waals surface area contributed by atoms with Gasteiger partial charge in [-0.25, -0.2) is 4.79 Å². The molecule has 1 aliphatic heterocycles. The van der Waals surface area contributed by atoms with Crippen LogP contribution < -0.4 is 9.47 Å². The first-order valence-corrected chi connectivity index (χ1v) is 11.4. The van der Waals surface area contributed by atoms with E-state index in [9.17, 15) is 9.59 Å². The van der Waals surface area contributed by atoms with Gasteiger partial charge in [-0.3, -0.25) is 9.69 Å². The molecule has 1 heterocycles. The lowest BCUT2D eigenvalue weighted by Crippen LogP contribution is -2.31. The van der Waals surface area contributed by atoms with E-state index in [2.05, 4.69) is 0 Å². The van der Waals surface area contributed by atoms with E-state index in [1.807, 2.05) is 73.7 Å². The summed E-state index contributed by atoms with van der Waals surface area (Å²) in [6.07, 6.45) is -0.574. The normalized spacial score (nSPS) is 17.1. The number of cyclic esters (lactones) is 1. The minimum absolute atomic E-state index is 0.146. The zero-order chi connectivity index (χ0) is 24.9. The highest BCUT2D eigenvalue weighted by molar-refractivity contribution is 5.78. The molecule has 35 heavy (non-hydrogen) atoms. The van der Waals surface area contributed by atoms with Gasteiger partial charge in [0.1, 0.15) is 17.6 Å². The fraction of sp³-hybridized carbons (Fsp3) is 0.286. The Morgan fingerprint density at radius 3 is 2.40 bits per heavy atom. The van der Waals surface area contributed by atoms with Gasteiger partial charge in [0, 0.05) is 5.56 Å². The van der Waals surface area contributed by atoms with Crippen molar-refractivity contribution in [3.8, 4) is 22.6 Å². The molecule has 0 saturated carbocycles. The van der Waals surface area contributed by atoms with E-state index in [-0.39, 0.29) is 30.6 Å². The van der Waals surface area contributed by atoms with Crippen LogP contribution in [0.3, 0.4) is 0 Å². The van der Waals surface area contributed by atoms with Crippen molar-refractivity contribution in [2.24, 2.45) is 0 Å². The number of carbonyl (C=O) groups excluding carboxylic acids is 2. The highest BCUT2D eigenvalue weighted by Crippen LogP contribution is 2.38. The minimum Gasteiger partial charge on any atom is -0.497 e. The molecule has 1 fully saturated rings. The number of rotatable bonds is 8. The van der Waals surface area contributed by atoms with Gasteiger partial charge in [-0.2, -0.15) is 0 Å². The molecule has 182 valence electrons. The third-order valence-electron chi connectivity index (χ3n) is 6.30. The fourth-order valence-electron chi connectivity index (χ4n) is 4.39. The highest BCUT2D eigenvalue weighted by Gasteiger charge is 2.39. The summed E-state index contributed by atoms with van der Waals surface area (Å²) in [5.74, 6) is 1.01. The van der Waals surface area contributed by atoms with Gasteiger partial charge < -0.3 is 18.9 Å². The van der Waals surface area contributed by atoms with Gasteiger partial charge in [0.05, 0.1) is 40.3 Å². The summed E-state index contributed by atoms with van der Waals surface area (Å²) in [5.41, 5.74) is 4.31. The summed E-state index contributed by atoms with van der Waals surface area (Å²) in [5, 5.41) is 0. The molecule has 3 aromatic carbocycles. The number of methoxy groups -OCH3 is 3. The smallest absolute Gasteiger partial charge is 0.411 e. The van der Waals surface area contributed by atoms with Crippen LogP contribution in [-0.2, 0) is 27.2 Å². The molecule has 0 aliphatic carbocycles. The van der Waals surface area contributed by atoms with E-state index < -0.39 is 0 Å². The quantitative estimate of drug-likeness (QED) is 0.419. The number of hydrogen-bond donors (Lipinski definition) is 0. The molecular weight excluding hydrogens is 446 g/mol. The van der Waals surface area contributed by atoms with Crippen LogP contribution in [0.4, 0.5) is 4.79 Å². The molecule has 0 N–H and O–H groups in total. The molecule has 0 aromatic heterocycles. The molecule has 1 saturated heterocycles. The van der Waals surface area contributed by atoms with E-state index in [4.69, 9.17) is 18.9 Å². The lowest BCUT2D eigenvalue weighted by atomic mass is 9.95. The van der Waals surface area contributed by atoms with Crippen LogP contribution >= 0.6 is 0 Å². The second-order valence-corrected chi connectivity index (χ2v) is 8.39. The first kappa shape index (κ1) is 24.1. The third-order valence-corrected chi connectivity index (χ3v) is 6.30. The fourth-order valence-corrected chi connectivity index (χ4v) is 4.39. The van der Waals surface area contributed by atoms with Gasteiger partial charge in [0.15, 0.2) is 0 Å². The zero-order valence-electron chi connectivity index (χ0n) is 20.3. The summed E-state index contributed by atoms with van der Waals surface area (Å²) in [6.45, 7) is 2.31. The van der Waals surface area contributed by atoms with Crippen molar-refractivity contribution in [3.05, 3.63) is 83.4 Å². The number of ether oxygens (including phenoxy) is 4. The van der Waals surface area contributed by atoms with Gasteiger partial charge in [-0.05, 0) is 53.4 Å². The zero-order valence-corrected chi connectivity index (χ0v) is 20.3. The van der Waals surface area contributed by atoms with Crippen LogP contribution in [0, 0.1) is 0 Å². The second-order valence-electron chi connectivity index (χ2n) is 8.39. The Hall–Kier alpha value is -4.00. The van der Waals surface area contributed by atoms with Gasteiger partial charge in [0.2, 0.25) is 0 Å². The van der Waals surface area contributed by atoms with Crippen LogP contribution in [0.5, 0.6) is 11.5 Å². The SMILES string of the molecule is COC(=O)Cc1ccc(OC)c(-c2ccc(OC)cc2CN2C(=O)OC(c3ccccc3)C2C)c1. The molecule has 1 amide bonds. The Balaban J connectivity index is 1.71. The molecule has 3 aromatic rings. The van der Waals surface area contributed by atoms with E-state index in [0.29, 0.717) is 18.0 Å². The molecule has 0 radical (unpaired) electrons. The van der Waals surface area contributed by atoms with Gasteiger partial charge in [-0.15, -0.1) is 0 Å². The number of hydrogen-bond acceptors (Lipinski definition) is 6. The molecule has 0 spiro atoms. The van der Waals surface area contributed by atoms with Crippen LogP contribution in [0.15, 0.2) is 66.7 Å². The predicted molar refractivity (Wildman–Crippen MR) is 131 cm³/mol. The van der Waals surface area contributed by atoms with Crippen LogP contribution in [0.25, 0.3) is 11.1 Å². The Morgan fingerprint density at radius 2 is 1.71 bits per heavy atom. The molecule has 0 bridgehead atoms. The lowest BCUT2D eigenvalue weighted by molar-refractivity contribution is -0.139. The van der Waals surface area contributed by atoms with Crippen molar-refractivity contribution in [1.82, 2.24) is 4.90 Å². The Labute approximate surface area is 205 Å². The second kappa shape index (κ2) is 10.5. The summed E-state index contributed by atoms with van der Waals surface area (Å²) in [7, 11) is 4.58. The number of benzene rings is 3. The Morgan fingerprint density at radius 1 is 0.943 bits per heavy atom. The molecule has 4 rings (SSSR count). The topological polar surface area (TPSA) is 74.3 Å². The minimum atomic E-state index is -0.369. The lowest BCUT2D eigenvalue weighted by Gasteiger charge is -2.23. The predicted octanol–water partition coefficient (Wildman–Crippen LogP) is 5.17. The third kappa shape index (κ3) is 5.09. The monoisotopic (exact) mass is 475 g/mol. The molecule has 7 nitrogen and oxygen atoms in total. The van der Waals surface area contributed by atoms with Crippen molar-refractivity contribution in [3.63, 3.8) is 0 Å². The van der Waals surface area contributed by atoms with Gasteiger partial charge in [-0.1, -0.05) is 42.5 Å². The molecule has 1 aliphatic rings. The maximum Gasteiger partial charge on any atom is 0.411 e. The molecule has 2 unspecified atom stereocenters. The average Bonchev–Trinajstić information content (AvgIpc) is 3.17. The number of nitrogens with zero attached hydrogens (tertiary/aromatic N) is 1. The summed E-state index contributed by atoms with van der Waals surface area (Å²) in [4.78, 5) is 26.5. The van der Waals surface area contributed by atoms with E-state index >= 15 is 0 Å². The van der Waals surface area contributed by atoms with E-state index in [0.717, 1.165) is 27.8 Å². The van der Waals surface area contributed by atoms with Crippen molar-refractivity contribution in [2.45, 2.75) is 32.0 Å². The van der Waals surface area contributed by atoms with Gasteiger partial charge >= 0.3 is 12.1 Å². The van der Waals surface area contributed by atoms with Crippen molar-refractivity contribution in [2.75, 3.05) is 21.3 Å². The molecular formula is C28H29NO6. The standard InChI is InChI=1S/C28H29NO6/c1-18-27(20-8-6-5-7-9-20)35-28(31)29(18)17-21-16-22(32-2)11-12-23(21)24-14-19(15-26(30)34-4)10-13-25(24)33-3/h5-14,16,18,27H,15,17H2,1-4H3.